The van der Waals surface area contributed by atoms with Crippen molar-refractivity contribution in [1.82, 2.24) is 10.2 Å². The summed E-state index contributed by atoms with van der Waals surface area (Å²) in [6.07, 6.45) is 4.84. The number of hydrogen-bond donors (Lipinski definition) is 2. The lowest BCUT2D eigenvalue weighted by molar-refractivity contribution is -0.137. The molecule has 1 saturated carbocycles. The van der Waals surface area contributed by atoms with Gasteiger partial charge in [0.1, 0.15) is 6.54 Å². The van der Waals surface area contributed by atoms with Crippen LogP contribution in [0.3, 0.4) is 0 Å². The van der Waals surface area contributed by atoms with Crippen molar-refractivity contribution in [2.45, 2.75) is 39.5 Å². The number of carboxylic acids is 1. The van der Waals surface area contributed by atoms with E-state index >= 15 is 0 Å². The molecule has 18 heavy (non-hydrogen) atoms. The Balaban J connectivity index is 2.29. The van der Waals surface area contributed by atoms with E-state index in [1.54, 1.807) is 0 Å². The largest absolute Gasteiger partial charge is 0.480 e. The second-order valence-electron chi connectivity index (χ2n) is 5.49. The lowest BCUT2D eigenvalue weighted by Gasteiger charge is -2.27. The molecule has 0 saturated heterocycles. The van der Waals surface area contributed by atoms with Crippen LogP contribution in [-0.4, -0.2) is 41.6 Å². The molecule has 1 aliphatic rings. The standard InChI is InChI=1S/C13H24N2O3/c1-10(2)8-15(9-12(16)17)13(18)14-7-6-11-4-3-5-11/h10-11H,3-9H2,1-2H3,(H,14,18)(H,16,17). The summed E-state index contributed by atoms with van der Waals surface area (Å²) in [4.78, 5) is 23.9. The molecule has 5 nitrogen and oxygen atoms in total. The van der Waals surface area contributed by atoms with Crippen molar-refractivity contribution in [1.29, 1.82) is 0 Å². The van der Waals surface area contributed by atoms with Gasteiger partial charge in [-0.15, -0.1) is 0 Å². The molecule has 1 aliphatic carbocycles. The van der Waals surface area contributed by atoms with Gasteiger partial charge in [0.2, 0.25) is 0 Å². The molecule has 0 aromatic rings. The van der Waals surface area contributed by atoms with Gasteiger partial charge < -0.3 is 15.3 Å². The van der Waals surface area contributed by atoms with Crippen molar-refractivity contribution in [2.75, 3.05) is 19.6 Å². The summed E-state index contributed by atoms with van der Waals surface area (Å²) in [5.74, 6) is 0.0508. The lowest BCUT2D eigenvalue weighted by atomic mass is 9.83. The van der Waals surface area contributed by atoms with Gasteiger partial charge in [0, 0.05) is 13.1 Å². The minimum Gasteiger partial charge on any atom is -0.480 e. The number of carboxylic acid groups (broad SMARTS) is 1. The highest BCUT2D eigenvalue weighted by atomic mass is 16.4. The van der Waals surface area contributed by atoms with Crippen LogP contribution in [-0.2, 0) is 4.79 Å². The predicted octanol–water partition coefficient (Wildman–Crippen LogP) is 1.93. The van der Waals surface area contributed by atoms with Gasteiger partial charge in [-0.2, -0.15) is 0 Å². The maximum absolute atomic E-state index is 11.9. The van der Waals surface area contributed by atoms with Crippen LogP contribution in [0.2, 0.25) is 0 Å². The zero-order valence-electron chi connectivity index (χ0n) is 11.3. The van der Waals surface area contributed by atoms with Crippen LogP contribution in [0, 0.1) is 11.8 Å². The number of urea groups is 1. The topological polar surface area (TPSA) is 69.6 Å². The molecule has 0 aliphatic heterocycles. The van der Waals surface area contributed by atoms with E-state index in [-0.39, 0.29) is 18.5 Å². The summed E-state index contributed by atoms with van der Waals surface area (Å²) in [6.45, 7) is 4.83. The molecule has 0 atom stereocenters. The van der Waals surface area contributed by atoms with Crippen LogP contribution in [0.4, 0.5) is 4.79 Å². The Morgan fingerprint density at radius 1 is 1.39 bits per heavy atom. The summed E-state index contributed by atoms with van der Waals surface area (Å²) in [5, 5.41) is 11.6. The molecular formula is C13H24N2O3. The minimum atomic E-state index is -0.968. The van der Waals surface area contributed by atoms with Gasteiger partial charge in [0.25, 0.3) is 0 Å². The van der Waals surface area contributed by atoms with E-state index in [1.165, 1.54) is 24.2 Å². The number of rotatable bonds is 7. The molecular weight excluding hydrogens is 232 g/mol. The van der Waals surface area contributed by atoms with Crippen LogP contribution >= 0.6 is 0 Å². The number of nitrogens with one attached hydrogen (secondary N) is 1. The molecule has 0 radical (unpaired) electrons. The Labute approximate surface area is 109 Å². The van der Waals surface area contributed by atoms with Crippen molar-refractivity contribution in [3.05, 3.63) is 0 Å². The molecule has 1 fully saturated rings. The fraction of sp³-hybridized carbons (Fsp3) is 0.846. The van der Waals surface area contributed by atoms with Crippen molar-refractivity contribution in [3.63, 3.8) is 0 Å². The molecule has 0 aromatic heterocycles. The first-order chi connectivity index (χ1) is 8.49. The molecule has 2 N–H and O–H groups in total. The van der Waals surface area contributed by atoms with E-state index in [2.05, 4.69) is 5.32 Å². The summed E-state index contributed by atoms with van der Waals surface area (Å²) >= 11 is 0. The summed E-state index contributed by atoms with van der Waals surface area (Å²) in [6, 6.07) is -0.259. The smallest absolute Gasteiger partial charge is 0.323 e. The SMILES string of the molecule is CC(C)CN(CC(=O)O)C(=O)NCCC1CCC1. The Kier molecular flexibility index (Phi) is 5.95. The first-order valence-corrected chi connectivity index (χ1v) is 6.73. The molecule has 0 aromatic carbocycles. The Morgan fingerprint density at radius 3 is 2.50 bits per heavy atom. The van der Waals surface area contributed by atoms with Gasteiger partial charge in [-0.25, -0.2) is 4.79 Å². The average Bonchev–Trinajstić information content (AvgIpc) is 2.19. The third-order valence-corrected chi connectivity index (χ3v) is 3.25. The summed E-state index contributed by atoms with van der Waals surface area (Å²) in [7, 11) is 0. The lowest BCUT2D eigenvalue weighted by Crippen LogP contribution is -2.45. The molecule has 5 heteroatoms. The quantitative estimate of drug-likeness (QED) is 0.731. The highest BCUT2D eigenvalue weighted by Gasteiger charge is 2.20. The molecule has 104 valence electrons. The van der Waals surface area contributed by atoms with Crippen molar-refractivity contribution < 1.29 is 14.7 Å². The van der Waals surface area contributed by atoms with E-state index in [0.717, 1.165) is 12.3 Å². The fourth-order valence-corrected chi connectivity index (χ4v) is 2.10. The van der Waals surface area contributed by atoms with Crippen LogP contribution in [0.5, 0.6) is 0 Å². The van der Waals surface area contributed by atoms with Gasteiger partial charge >= 0.3 is 12.0 Å². The van der Waals surface area contributed by atoms with Crippen LogP contribution < -0.4 is 5.32 Å². The molecule has 2 amide bonds. The molecule has 0 bridgehead atoms. The number of hydrogen-bond acceptors (Lipinski definition) is 2. The monoisotopic (exact) mass is 256 g/mol. The minimum absolute atomic E-state index is 0.229. The van der Waals surface area contributed by atoms with E-state index in [0.29, 0.717) is 13.1 Å². The Bertz CT molecular complexity index is 288. The number of aliphatic carboxylic acids is 1. The normalized spacial score (nSPS) is 15.3. The van der Waals surface area contributed by atoms with E-state index in [4.69, 9.17) is 5.11 Å². The number of carbonyl (C=O) groups is 2. The average molecular weight is 256 g/mol. The first-order valence-electron chi connectivity index (χ1n) is 6.73. The molecule has 0 heterocycles. The maximum Gasteiger partial charge on any atom is 0.323 e. The number of nitrogens with zero attached hydrogens (tertiary/aromatic N) is 1. The van der Waals surface area contributed by atoms with Gasteiger partial charge in [-0.3, -0.25) is 4.79 Å². The molecule has 0 spiro atoms. The highest BCUT2D eigenvalue weighted by molar-refractivity contribution is 5.80. The van der Waals surface area contributed by atoms with Gasteiger partial charge in [-0.1, -0.05) is 33.1 Å². The van der Waals surface area contributed by atoms with Gasteiger partial charge in [0.15, 0.2) is 0 Å². The van der Waals surface area contributed by atoms with Crippen molar-refractivity contribution in [3.8, 4) is 0 Å². The van der Waals surface area contributed by atoms with E-state index in [9.17, 15) is 9.59 Å². The maximum atomic E-state index is 11.9. The predicted molar refractivity (Wildman–Crippen MR) is 69.4 cm³/mol. The Morgan fingerprint density at radius 2 is 2.06 bits per heavy atom. The van der Waals surface area contributed by atoms with Gasteiger partial charge in [-0.05, 0) is 18.3 Å². The zero-order valence-corrected chi connectivity index (χ0v) is 11.3. The second-order valence-corrected chi connectivity index (χ2v) is 5.49. The van der Waals surface area contributed by atoms with Gasteiger partial charge in [0.05, 0.1) is 0 Å². The zero-order chi connectivity index (χ0) is 13.5. The third-order valence-electron chi connectivity index (χ3n) is 3.25. The van der Waals surface area contributed by atoms with Crippen LogP contribution in [0.1, 0.15) is 39.5 Å². The molecule has 1 rings (SSSR count). The highest BCUT2D eigenvalue weighted by Crippen LogP contribution is 2.28. The van der Waals surface area contributed by atoms with Crippen molar-refractivity contribution >= 4 is 12.0 Å². The Hall–Kier alpha value is -1.26. The molecule has 0 unspecified atom stereocenters. The fourth-order valence-electron chi connectivity index (χ4n) is 2.10. The number of carbonyl (C=O) groups excluding carboxylic acids is 1. The summed E-state index contributed by atoms with van der Waals surface area (Å²) < 4.78 is 0. The van der Waals surface area contributed by atoms with E-state index in [1.807, 2.05) is 13.8 Å². The van der Waals surface area contributed by atoms with Crippen LogP contribution in [0.25, 0.3) is 0 Å². The van der Waals surface area contributed by atoms with E-state index < -0.39 is 5.97 Å². The second kappa shape index (κ2) is 7.24. The van der Waals surface area contributed by atoms with Crippen molar-refractivity contribution in [2.24, 2.45) is 11.8 Å². The summed E-state index contributed by atoms with van der Waals surface area (Å²) in [5.41, 5.74) is 0. The number of amides is 2. The first kappa shape index (κ1) is 14.8. The third kappa shape index (κ3) is 5.38. The van der Waals surface area contributed by atoms with Crippen LogP contribution in [0.15, 0.2) is 0 Å².